The van der Waals surface area contributed by atoms with Gasteiger partial charge in [0.15, 0.2) is 0 Å². The van der Waals surface area contributed by atoms with Crippen LogP contribution in [0.1, 0.15) is 19.4 Å². The van der Waals surface area contributed by atoms with Crippen LogP contribution >= 0.6 is 23.2 Å². The molecular formula is C12H16Cl2N2O2. The summed E-state index contributed by atoms with van der Waals surface area (Å²) in [5, 5.41) is 3.86. The highest BCUT2D eigenvalue weighted by Crippen LogP contribution is 2.30. The summed E-state index contributed by atoms with van der Waals surface area (Å²) in [6.07, 6.45) is 0. The number of nitrogen functional groups attached to an aromatic ring is 1. The molecule has 0 radical (unpaired) electrons. The molecule has 100 valence electrons. The van der Waals surface area contributed by atoms with Crippen LogP contribution in [0.4, 0.5) is 5.69 Å². The van der Waals surface area contributed by atoms with E-state index in [0.717, 1.165) is 0 Å². The van der Waals surface area contributed by atoms with Crippen LogP contribution in [-0.2, 0) is 16.1 Å². The summed E-state index contributed by atoms with van der Waals surface area (Å²) in [6, 6.07) is 3.31. The number of hydrogen-bond acceptors (Lipinski definition) is 4. The first-order valence-corrected chi connectivity index (χ1v) is 6.11. The molecule has 0 aromatic heterocycles. The average molecular weight is 291 g/mol. The number of benzene rings is 1. The lowest BCUT2D eigenvalue weighted by molar-refractivity contribution is -0.147. The Morgan fingerprint density at radius 2 is 2.06 bits per heavy atom. The van der Waals surface area contributed by atoms with Crippen LogP contribution in [-0.4, -0.2) is 18.6 Å². The first kappa shape index (κ1) is 15.1. The number of anilines is 1. The van der Waals surface area contributed by atoms with Crippen LogP contribution in [0.25, 0.3) is 0 Å². The van der Waals surface area contributed by atoms with Gasteiger partial charge in [0.1, 0.15) is 5.54 Å². The van der Waals surface area contributed by atoms with E-state index < -0.39 is 5.54 Å². The van der Waals surface area contributed by atoms with Gasteiger partial charge in [-0.05, 0) is 26.0 Å². The van der Waals surface area contributed by atoms with Crippen molar-refractivity contribution in [2.45, 2.75) is 25.9 Å². The van der Waals surface area contributed by atoms with Crippen LogP contribution in [0.3, 0.4) is 0 Å². The van der Waals surface area contributed by atoms with Crippen LogP contribution in [0.15, 0.2) is 12.1 Å². The van der Waals surface area contributed by atoms with Crippen molar-refractivity contribution in [3.05, 3.63) is 27.7 Å². The van der Waals surface area contributed by atoms with E-state index in [0.29, 0.717) is 27.8 Å². The molecule has 0 saturated carbocycles. The molecule has 0 atom stereocenters. The Kier molecular flexibility index (Phi) is 4.85. The van der Waals surface area contributed by atoms with Crippen LogP contribution < -0.4 is 11.1 Å². The zero-order valence-corrected chi connectivity index (χ0v) is 12.0. The summed E-state index contributed by atoms with van der Waals surface area (Å²) in [6.45, 7) is 3.76. The van der Waals surface area contributed by atoms with Gasteiger partial charge < -0.3 is 10.5 Å². The molecular weight excluding hydrogens is 275 g/mol. The summed E-state index contributed by atoms with van der Waals surface area (Å²) >= 11 is 12.0. The largest absolute Gasteiger partial charge is 0.468 e. The van der Waals surface area contributed by atoms with Crippen molar-refractivity contribution in [2.24, 2.45) is 0 Å². The molecule has 1 aromatic carbocycles. The number of halogens is 2. The molecule has 0 amide bonds. The molecule has 6 heteroatoms. The van der Waals surface area contributed by atoms with Crippen molar-refractivity contribution in [1.82, 2.24) is 5.32 Å². The Bertz CT molecular complexity index is 462. The molecule has 1 aromatic rings. The molecule has 0 spiro atoms. The van der Waals surface area contributed by atoms with E-state index in [4.69, 9.17) is 33.7 Å². The molecule has 0 aliphatic rings. The molecule has 18 heavy (non-hydrogen) atoms. The minimum absolute atomic E-state index is 0.327. The third kappa shape index (κ3) is 3.28. The second kappa shape index (κ2) is 5.78. The Morgan fingerprint density at radius 3 is 2.61 bits per heavy atom. The highest BCUT2D eigenvalue weighted by Gasteiger charge is 2.28. The molecule has 0 aliphatic carbocycles. The Balaban J connectivity index is 2.87. The number of nitrogens with two attached hydrogens (primary N) is 1. The van der Waals surface area contributed by atoms with E-state index in [-0.39, 0.29) is 5.97 Å². The average Bonchev–Trinajstić information content (AvgIpc) is 2.32. The van der Waals surface area contributed by atoms with Crippen molar-refractivity contribution in [3.63, 3.8) is 0 Å². The molecule has 0 aliphatic heterocycles. The summed E-state index contributed by atoms with van der Waals surface area (Å²) in [5.41, 5.74) is 6.20. The summed E-state index contributed by atoms with van der Waals surface area (Å²) in [7, 11) is 1.34. The van der Waals surface area contributed by atoms with Crippen LogP contribution in [0, 0.1) is 0 Å². The van der Waals surface area contributed by atoms with Crippen molar-refractivity contribution in [2.75, 3.05) is 12.8 Å². The monoisotopic (exact) mass is 290 g/mol. The van der Waals surface area contributed by atoms with E-state index in [1.54, 1.807) is 26.0 Å². The van der Waals surface area contributed by atoms with Gasteiger partial charge >= 0.3 is 5.97 Å². The van der Waals surface area contributed by atoms with E-state index in [2.05, 4.69) is 5.32 Å². The van der Waals surface area contributed by atoms with Gasteiger partial charge in [-0.3, -0.25) is 10.1 Å². The van der Waals surface area contributed by atoms with Gasteiger partial charge in [-0.1, -0.05) is 23.2 Å². The lowest BCUT2D eigenvalue weighted by atomic mass is 10.0. The van der Waals surface area contributed by atoms with Crippen LogP contribution in [0.2, 0.25) is 10.0 Å². The molecule has 0 fully saturated rings. The van der Waals surface area contributed by atoms with Crippen LogP contribution in [0.5, 0.6) is 0 Å². The fraction of sp³-hybridized carbons (Fsp3) is 0.417. The summed E-state index contributed by atoms with van der Waals surface area (Å²) < 4.78 is 4.70. The highest BCUT2D eigenvalue weighted by atomic mass is 35.5. The molecule has 4 nitrogen and oxygen atoms in total. The first-order chi connectivity index (χ1) is 8.29. The number of nitrogens with one attached hydrogen (secondary N) is 1. The third-order valence-corrected chi connectivity index (χ3v) is 3.48. The Morgan fingerprint density at radius 1 is 1.44 bits per heavy atom. The second-order valence-electron chi connectivity index (χ2n) is 4.40. The molecule has 0 unspecified atom stereocenters. The van der Waals surface area contributed by atoms with Gasteiger partial charge in [0, 0.05) is 17.8 Å². The molecule has 3 N–H and O–H groups in total. The Hall–Kier alpha value is -0.970. The van der Waals surface area contributed by atoms with Crippen molar-refractivity contribution in [1.29, 1.82) is 0 Å². The summed E-state index contributed by atoms with van der Waals surface area (Å²) in [5.74, 6) is -0.362. The standard InChI is InChI=1S/C12H16Cl2N2O2/c1-12(2,11(17)18-3)16-6-7-9(15)5-4-8(13)10(7)14/h4-5,16H,6,15H2,1-3H3. The van der Waals surface area contributed by atoms with E-state index >= 15 is 0 Å². The lowest BCUT2D eigenvalue weighted by Crippen LogP contribution is -2.47. The van der Waals surface area contributed by atoms with Gasteiger partial charge in [-0.15, -0.1) is 0 Å². The molecule has 1 rings (SSSR count). The van der Waals surface area contributed by atoms with E-state index in [1.165, 1.54) is 7.11 Å². The first-order valence-electron chi connectivity index (χ1n) is 5.35. The van der Waals surface area contributed by atoms with Gasteiger partial charge in [-0.2, -0.15) is 0 Å². The predicted molar refractivity (Wildman–Crippen MR) is 73.8 cm³/mol. The fourth-order valence-electron chi connectivity index (χ4n) is 1.42. The quantitative estimate of drug-likeness (QED) is 0.661. The number of hydrogen-bond donors (Lipinski definition) is 2. The maximum Gasteiger partial charge on any atom is 0.325 e. The van der Waals surface area contributed by atoms with Gasteiger partial charge in [0.2, 0.25) is 0 Å². The summed E-state index contributed by atoms with van der Waals surface area (Å²) in [4.78, 5) is 11.5. The molecule has 0 saturated heterocycles. The maximum atomic E-state index is 11.5. The highest BCUT2D eigenvalue weighted by molar-refractivity contribution is 6.42. The minimum atomic E-state index is -0.827. The maximum absolute atomic E-state index is 11.5. The second-order valence-corrected chi connectivity index (χ2v) is 5.18. The zero-order valence-electron chi connectivity index (χ0n) is 10.5. The number of carbonyl (C=O) groups is 1. The van der Waals surface area contributed by atoms with Crippen molar-refractivity contribution < 1.29 is 9.53 Å². The zero-order chi connectivity index (χ0) is 13.9. The van der Waals surface area contributed by atoms with E-state index in [9.17, 15) is 4.79 Å². The van der Waals surface area contributed by atoms with Gasteiger partial charge in [-0.25, -0.2) is 0 Å². The normalized spacial score (nSPS) is 11.4. The lowest BCUT2D eigenvalue weighted by Gasteiger charge is -2.24. The fourth-order valence-corrected chi connectivity index (χ4v) is 1.84. The Labute approximate surface area is 116 Å². The smallest absolute Gasteiger partial charge is 0.325 e. The molecule has 0 bridgehead atoms. The van der Waals surface area contributed by atoms with Crippen molar-refractivity contribution >= 4 is 34.9 Å². The molecule has 0 heterocycles. The minimum Gasteiger partial charge on any atom is -0.468 e. The van der Waals surface area contributed by atoms with Gasteiger partial charge in [0.05, 0.1) is 17.2 Å². The number of methoxy groups -OCH3 is 1. The third-order valence-electron chi connectivity index (χ3n) is 2.64. The number of ether oxygens (including phenoxy) is 1. The topological polar surface area (TPSA) is 64.3 Å². The number of esters is 1. The predicted octanol–water partition coefficient (Wildman–Crippen LogP) is 2.62. The van der Waals surface area contributed by atoms with Crippen molar-refractivity contribution in [3.8, 4) is 0 Å². The number of rotatable bonds is 4. The SMILES string of the molecule is COC(=O)C(C)(C)NCc1c(N)ccc(Cl)c1Cl. The number of carbonyl (C=O) groups excluding carboxylic acids is 1. The van der Waals surface area contributed by atoms with E-state index in [1.807, 2.05) is 0 Å². The van der Waals surface area contributed by atoms with Gasteiger partial charge in [0.25, 0.3) is 0 Å².